The fourth-order valence-electron chi connectivity index (χ4n) is 4.36. The van der Waals surface area contributed by atoms with Crippen LogP contribution in [0.15, 0.2) is 47.4 Å². The maximum Gasteiger partial charge on any atom is 0.342 e. The second-order valence-electron chi connectivity index (χ2n) is 8.36. The third-order valence-corrected chi connectivity index (χ3v) is 7.99. The number of methoxy groups -OCH3 is 1. The van der Waals surface area contributed by atoms with Gasteiger partial charge in [-0.1, -0.05) is 31.0 Å². The largest absolute Gasteiger partial charge is 0.496 e. The van der Waals surface area contributed by atoms with Crippen LogP contribution in [0.2, 0.25) is 0 Å². The van der Waals surface area contributed by atoms with Gasteiger partial charge < -0.3 is 14.8 Å². The zero-order valence-electron chi connectivity index (χ0n) is 18.7. The molecular weight excluding hydrogens is 444 g/mol. The van der Waals surface area contributed by atoms with E-state index in [1.807, 2.05) is 12.1 Å². The van der Waals surface area contributed by atoms with Crippen molar-refractivity contribution in [1.29, 1.82) is 0 Å². The molecule has 33 heavy (non-hydrogen) atoms. The Morgan fingerprint density at radius 1 is 1.12 bits per heavy atom. The highest BCUT2D eigenvalue weighted by Gasteiger charge is 2.32. The summed E-state index contributed by atoms with van der Waals surface area (Å²) in [6.45, 7) is 1.82. The third kappa shape index (κ3) is 4.68. The number of rotatable bonds is 7. The number of para-hydroxylation sites is 1. The number of carbonyl (C=O) groups excluding carboxylic acids is 2. The van der Waals surface area contributed by atoms with Crippen LogP contribution >= 0.6 is 0 Å². The van der Waals surface area contributed by atoms with Crippen molar-refractivity contribution < 1.29 is 27.5 Å². The molecule has 9 heteroatoms. The van der Waals surface area contributed by atoms with E-state index < -0.39 is 22.1 Å². The lowest BCUT2D eigenvalue weighted by atomic mass is 10.2. The molecule has 1 amide bonds. The van der Waals surface area contributed by atoms with Crippen molar-refractivity contribution >= 4 is 27.6 Å². The molecule has 1 atom stereocenters. The van der Waals surface area contributed by atoms with Crippen LogP contribution in [-0.2, 0) is 26.0 Å². The smallest absolute Gasteiger partial charge is 0.342 e. The Balaban J connectivity index is 1.55. The standard InChI is InChI=1S/C24H28N2O6S/c1-16(23(27)25-18-8-4-5-9-18)32-24(28)20-15-19(11-12-22(20)31-2)33(29,30)26-14-13-17-7-3-6-10-21(17)26/h3,6-7,10-12,15-16,18H,4-5,8-9,13-14H2,1-2H3,(H,25,27)/t16-/m0/s1. The fourth-order valence-corrected chi connectivity index (χ4v) is 5.89. The number of sulfonamides is 1. The van der Waals surface area contributed by atoms with E-state index in [1.165, 1.54) is 36.5 Å². The molecule has 2 aromatic carbocycles. The second-order valence-corrected chi connectivity index (χ2v) is 10.2. The van der Waals surface area contributed by atoms with Gasteiger partial charge in [0.25, 0.3) is 15.9 Å². The fraction of sp³-hybridized carbons (Fsp3) is 0.417. The topological polar surface area (TPSA) is 102 Å². The summed E-state index contributed by atoms with van der Waals surface area (Å²) < 4.78 is 38.7. The third-order valence-electron chi connectivity index (χ3n) is 6.18. The predicted octanol–water partition coefficient (Wildman–Crippen LogP) is 3.05. The number of hydrogen-bond acceptors (Lipinski definition) is 6. The van der Waals surface area contributed by atoms with Gasteiger partial charge in [-0.15, -0.1) is 0 Å². The van der Waals surface area contributed by atoms with E-state index in [2.05, 4.69) is 5.32 Å². The summed E-state index contributed by atoms with van der Waals surface area (Å²) in [6, 6.07) is 11.5. The van der Waals surface area contributed by atoms with Crippen LogP contribution < -0.4 is 14.4 Å². The van der Waals surface area contributed by atoms with Crippen LogP contribution in [0.25, 0.3) is 0 Å². The van der Waals surface area contributed by atoms with Crippen LogP contribution in [0.1, 0.15) is 48.5 Å². The summed E-state index contributed by atoms with van der Waals surface area (Å²) in [4.78, 5) is 25.3. The lowest BCUT2D eigenvalue weighted by Crippen LogP contribution is -2.40. The van der Waals surface area contributed by atoms with Crippen LogP contribution in [0, 0.1) is 0 Å². The van der Waals surface area contributed by atoms with Gasteiger partial charge in [0.1, 0.15) is 11.3 Å². The average Bonchev–Trinajstić information content (AvgIpc) is 3.48. The number of esters is 1. The van der Waals surface area contributed by atoms with Gasteiger partial charge in [0, 0.05) is 12.6 Å². The van der Waals surface area contributed by atoms with E-state index in [1.54, 1.807) is 12.1 Å². The molecule has 1 saturated carbocycles. The van der Waals surface area contributed by atoms with E-state index in [9.17, 15) is 18.0 Å². The van der Waals surface area contributed by atoms with Gasteiger partial charge in [-0.3, -0.25) is 9.10 Å². The monoisotopic (exact) mass is 472 g/mol. The molecule has 0 aromatic heterocycles. The quantitative estimate of drug-likeness (QED) is 0.622. The highest BCUT2D eigenvalue weighted by molar-refractivity contribution is 7.92. The molecule has 1 aliphatic heterocycles. The maximum absolute atomic E-state index is 13.4. The van der Waals surface area contributed by atoms with Gasteiger partial charge >= 0.3 is 5.97 Å². The minimum absolute atomic E-state index is 0.0463. The van der Waals surface area contributed by atoms with Crippen LogP contribution in [0.4, 0.5) is 5.69 Å². The van der Waals surface area contributed by atoms with Crippen molar-refractivity contribution in [3.63, 3.8) is 0 Å². The van der Waals surface area contributed by atoms with Gasteiger partial charge in [0.05, 0.1) is 17.7 Å². The zero-order chi connectivity index (χ0) is 23.6. The number of anilines is 1. The van der Waals surface area contributed by atoms with E-state index in [0.29, 0.717) is 18.7 Å². The maximum atomic E-state index is 13.4. The molecule has 0 unspecified atom stereocenters. The van der Waals surface area contributed by atoms with Crippen LogP contribution in [0.5, 0.6) is 5.75 Å². The second kappa shape index (κ2) is 9.43. The normalized spacial score (nSPS) is 16.8. The predicted molar refractivity (Wildman–Crippen MR) is 123 cm³/mol. The molecule has 2 aromatic rings. The number of benzene rings is 2. The lowest BCUT2D eigenvalue weighted by Gasteiger charge is -2.21. The molecule has 4 rings (SSSR count). The molecule has 176 valence electrons. The summed E-state index contributed by atoms with van der Waals surface area (Å²) >= 11 is 0. The number of nitrogens with one attached hydrogen (secondary N) is 1. The summed E-state index contributed by atoms with van der Waals surface area (Å²) in [7, 11) is -2.52. The average molecular weight is 473 g/mol. The first-order valence-corrected chi connectivity index (χ1v) is 12.6. The molecule has 1 heterocycles. The molecule has 0 spiro atoms. The van der Waals surface area contributed by atoms with Crippen molar-refractivity contribution in [1.82, 2.24) is 5.32 Å². The Hall–Kier alpha value is -3.07. The zero-order valence-corrected chi connectivity index (χ0v) is 19.6. The number of ether oxygens (including phenoxy) is 2. The Bertz CT molecular complexity index is 1160. The number of carbonyl (C=O) groups is 2. The number of hydrogen-bond donors (Lipinski definition) is 1. The highest BCUT2D eigenvalue weighted by Crippen LogP contribution is 2.34. The Morgan fingerprint density at radius 2 is 1.85 bits per heavy atom. The van der Waals surface area contributed by atoms with Gasteiger partial charge in [-0.2, -0.15) is 0 Å². The van der Waals surface area contributed by atoms with Crippen molar-refractivity contribution in [2.24, 2.45) is 0 Å². The Kier molecular flexibility index (Phi) is 6.60. The number of fused-ring (bicyclic) bond motifs is 1. The summed E-state index contributed by atoms with van der Waals surface area (Å²) in [6.07, 6.45) is 3.57. The van der Waals surface area contributed by atoms with Gasteiger partial charge in [0.2, 0.25) is 0 Å². The van der Waals surface area contributed by atoms with Gasteiger partial charge in [-0.25, -0.2) is 13.2 Å². The summed E-state index contributed by atoms with van der Waals surface area (Å²) in [5, 5.41) is 2.90. The molecule has 1 N–H and O–H groups in total. The highest BCUT2D eigenvalue weighted by atomic mass is 32.2. The Morgan fingerprint density at radius 3 is 2.58 bits per heavy atom. The molecule has 8 nitrogen and oxygen atoms in total. The van der Waals surface area contributed by atoms with Crippen molar-refractivity contribution in [2.75, 3.05) is 18.0 Å². The van der Waals surface area contributed by atoms with E-state index >= 15 is 0 Å². The minimum atomic E-state index is -3.90. The number of nitrogens with zero attached hydrogens (tertiary/aromatic N) is 1. The molecule has 2 aliphatic rings. The molecule has 0 bridgehead atoms. The molecule has 0 saturated heterocycles. The van der Waals surface area contributed by atoms with Gasteiger partial charge in [-0.05, 0) is 56.0 Å². The van der Waals surface area contributed by atoms with Crippen molar-refractivity contribution in [3.05, 3.63) is 53.6 Å². The van der Waals surface area contributed by atoms with Crippen LogP contribution in [0.3, 0.4) is 0 Å². The Labute approximate surface area is 193 Å². The SMILES string of the molecule is COc1ccc(S(=O)(=O)N2CCc3ccccc32)cc1C(=O)O[C@@H](C)C(=O)NC1CCCC1. The van der Waals surface area contributed by atoms with E-state index in [-0.39, 0.29) is 28.2 Å². The minimum Gasteiger partial charge on any atom is -0.496 e. The van der Waals surface area contributed by atoms with Crippen LogP contribution in [-0.4, -0.2) is 46.1 Å². The molecular formula is C24H28N2O6S. The first-order valence-electron chi connectivity index (χ1n) is 11.1. The first kappa shape index (κ1) is 23.1. The first-order chi connectivity index (χ1) is 15.8. The summed E-state index contributed by atoms with van der Waals surface area (Å²) in [5.41, 5.74) is 1.54. The van der Waals surface area contributed by atoms with Crippen molar-refractivity contribution in [3.8, 4) is 5.75 Å². The molecule has 1 fully saturated rings. The lowest BCUT2D eigenvalue weighted by molar-refractivity contribution is -0.129. The van der Waals surface area contributed by atoms with E-state index in [4.69, 9.17) is 9.47 Å². The summed E-state index contributed by atoms with van der Waals surface area (Å²) in [5.74, 6) is -1.02. The van der Waals surface area contributed by atoms with E-state index in [0.717, 1.165) is 31.2 Å². The van der Waals surface area contributed by atoms with Crippen molar-refractivity contribution in [2.45, 2.75) is 56.1 Å². The number of amides is 1. The van der Waals surface area contributed by atoms with Gasteiger partial charge in [0.15, 0.2) is 6.10 Å². The molecule has 1 aliphatic carbocycles. The molecule has 0 radical (unpaired) electrons.